The van der Waals surface area contributed by atoms with E-state index in [9.17, 15) is 0 Å². The van der Waals surface area contributed by atoms with Crippen LogP contribution in [0.15, 0.2) is 48.7 Å². The molecule has 0 spiro atoms. The standard InChI is InChI=1S/C15H15B2N/c1-11(2)15(16,17)13-8-9-14(18-10-13)12-6-4-3-5-7-12/h3-11H,1-2H3. The van der Waals surface area contributed by atoms with Crippen molar-refractivity contribution >= 4 is 15.7 Å². The van der Waals surface area contributed by atoms with E-state index in [0.717, 1.165) is 16.8 Å². The fourth-order valence-corrected chi connectivity index (χ4v) is 1.76. The molecule has 0 atom stereocenters. The first-order valence-corrected chi connectivity index (χ1v) is 6.11. The molecule has 0 aliphatic heterocycles. The minimum Gasteiger partial charge on any atom is -0.256 e. The van der Waals surface area contributed by atoms with Gasteiger partial charge in [-0.1, -0.05) is 61.4 Å². The number of hydrogen-bond donors (Lipinski definition) is 0. The van der Waals surface area contributed by atoms with Gasteiger partial charge in [-0.05, 0) is 11.6 Å². The Labute approximate surface area is 111 Å². The van der Waals surface area contributed by atoms with Crippen molar-refractivity contribution in [1.82, 2.24) is 4.98 Å². The van der Waals surface area contributed by atoms with Gasteiger partial charge in [-0.15, -0.1) is 0 Å². The highest BCUT2D eigenvalue weighted by Crippen LogP contribution is 2.26. The summed E-state index contributed by atoms with van der Waals surface area (Å²) >= 11 is 0. The monoisotopic (exact) mass is 231 g/mol. The molecule has 0 saturated carbocycles. The first-order chi connectivity index (χ1) is 8.51. The molecule has 86 valence electrons. The molecule has 1 heterocycles. The van der Waals surface area contributed by atoms with E-state index in [2.05, 4.69) is 4.98 Å². The van der Waals surface area contributed by atoms with Gasteiger partial charge in [0, 0.05) is 11.8 Å². The average Bonchev–Trinajstić information content (AvgIpc) is 2.40. The Morgan fingerprint density at radius 1 is 1.00 bits per heavy atom. The lowest BCUT2D eigenvalue weighted by Gasteiger charge is -2.30. The van der Waals surface area contributed by atoms with E-state index in [-0.39, 0.29) is 5.92 Å². The molecule has 0 fully saturated rings. The van der Waals surface area contributed by atoms with Crippen LogP contribution in [-0.2, 0) is 5.21 Å². The van der Waals surface area contributed by atoms with E-state index in [1.54, 1.807) is 6.20 Å². The quantitative estimate of drug-likeness (QED) is 0.740. The van der Waals surface area contributed by atoms with E-state index < -0.39 is 5.21 Å². The zero-order valence-electron chi connectivity index (χ0n) is 10.8. The highest BCUT2D eigenvalue weighted by Gasteiger charge is 2.23. The normalized spacial score (nSPS) is 11.7. The molecule has 0 aliphatic rings. The second kappa shape index (κ2) is 5.01. The van der Waals surface area contributed by atoms with Gasteiger partial charge in [-0.25, -0.2) is 0 Å². The molecule has 1 nitrogen and oxygen atoms in total. The fourth-order valence-electron chi connectivity index (χ4n) is 1.76. The number of hydrogen-bond acceptors (Lipinski definition) is 1. The summed E-state index contributed by atoms with van der Waals surface area (Å²) in [6.07, 6.45) is 1.77. The van der Waals surface area contributed by atoms with Crippen molar-refractivity contribution < 1.29 is 0 Å². The van der Waals surface area contributed by atoms with Crippen molar-refractivity contribution in [1.29, 1.82) is 0 Å². The number of benzene rings is 1. The molecule has 4 radical (unpaired) electrons. The van der Waals surface area contributed by atoms with E-state index in [1.165, 1.54) is 0 Å². The summed E-state index contributed by atoms with van der Waals surface area (Å²) in [7, 11) is 12.2. The Morgan fingerprint density at radius 2 is 1.67 bits per heavy atom. The van der Waals surface area contributed by atoms with E-state index in [1.807, 2.05) is 56.3 Å². The van der Waals surface area contributed by atoms with Gasteiger partial charge in [-0.3, -0.25) is 4.98 Å². The van der Waals surface area contributed by atoms with Crippen LogP contribution in [-0.4, -0.2) is 20.7 Å². The van der Waals surface area contributed by atoms with Crippen molar-refractivity contribution in [2.24, 2.45) is 5.92 Å². The van der Waals surface area contributed by atoms with Gasteiger partial charge in [-0.2, -0.15) is 0 Å². The predicted octanol–water partition coefficient (Wildman–Crippen LogP) is 2.89. The van der Waals surface area contributed by atoms with Crippen molar-refractivity contribution in [3.05, 3.63) is 54.2 Å². The minimum atomic E-state index is -0.831. The van der Waals surface area contributed by atoms with Crippen LogP contribution in [0.4, 0.5) is 0 Å². The summed E-state index contributed by atoms with van der Waals surface area (Å²) in [5.74, 6) is 0.155. The van der Waals surface area contributed by atoms with Crippen LogP contribution in [0.3, 0.4) is 0 Å². The number of aromatic nitrogens is 1. The molecule has 1 aromatic carbocycles. The summed E-state index contributed by atoms with van der Waals surface area (Å²) in [4.78, 5) is 4.44. The van der Waals surface area contributed by atoms with Crippen LogP contribution in [0, 0.1) is 5.92 Å². The lowest BCUT2D eigenvalue weighted by molar-refractivity contribution is 0.569. The Hall–Kier alpha value is -1.50. The first kappa shape index (κ1) is 12.9. The lowest BCUT2D eigenvalue weighted by Crippen LogP contribution is -2.33. The topological polar surface area (TPSA) is 12.9 Å². The van der Waals surface area contributed by atoms with Crippen molar-refractivity contribution in [3.63, 3.8) is 0 Å². The third-order valence-electron chi connectivity index (χ3n) is 3.29. The molecule has 0 unspecified atom stereocenters. The van der Waals surface area contributed by atoms with Crippen molar-refractivity contribution in [2.75, 3.05) is 0 Å². The third-order valence-corrected chi connectivity index (χ3v) is 3.29. The summed E-state index contributed by atoms with van der Waals surface area (Å²) < 4.78 is 0. The molecule has 3 heteroatoms. The molecule has 1 aromatic heterocycles. The molecule has 0 aliphatic carbocycles. The molecular formula is C15H15B2N. The van der Waals surface area contributed by atoms with Crippen LogP contribution >= 0.6 is 0 Å². The van der Waals surface area contributed by atoms with Gasteiger partial charge in [0.2, 0.25) is 0 Å². The molecule has 0 bridgehead atoms. The Bertz CT molecular complexity index is 504. The van der Waals surface area contributed by atoms with Crippen LogP contribution < -0.4 is 0 Å². The first-order valence-electron chi connectivity index (χ1n) is 6.11. The van der Waals surface area contributed by atoms with E-state index in [4.69, 9.17) is 15.7 Å². The summed E-state index contributed by atoms with van der Waals surface area (Å²) in [5.41, 5.74) is 2.88. The third kappa shape index (κ3) is 2.50. The van der Waals surface area contributed by atoms with Gasteiger partial charge in [0.05, 0.1) is 21.4 Å². The van der Waals surface area contributed by atoms with E-state index in [0.29, 0.717) is 0 Å². The zero-order valence-corrected chi connectivity index (χ0v) is 10.8. The molecular weight excluding hydrogens is 216 g/mol. The molecule has 2 aromatic rings. The summed E-state index contributed by atoms with van der Waals surface area (Å²) in [6, 6.07) is 14.0. The number of pyridine rings is 1. The molecule has 0 N–H and O–H groups in total. The van der Waals surface area contributed by atoms with Crippen LogP contribution in [0.1, 0.15) is 19.4 Å². The van der Waals surface area contributed by atoms with Crippen molar-refractivity contribution in [2.45, 2.75) is 19.1 Å². The molecule has 0 saturated heterocycles. The minimum absolute atomic E-state index is 0.155. The molecule has 18 heavy (non-hydrogen) atoms. The highest BCUT2D eigenvalue weighted by molar-refractivity contribution is 6.40. The Balaban J connectivity index is 2.32. The number of rotatable bonds is 3. The van der Waals surface area contributed by atoms with Crippen LogP contribution in [0.5, 0.6) is 0 Å². The predicted molar refractivity (Wildman–Crippen MR) is 77.7 cm³/mol. The fraction of sp³-hybridized carbons (Fsp3) is 0.267. The maximum atomic E-state index is 6.11. The smallest absolute Gasteiger partial charge is 0.0702 e. The van der Waals surface area contributed by atoms with Crippen LogP contribution in [0.25, 0.3) is 11.3 Å². The SMILES string of the molecule is [B]C([B])(c1ccc(-c2ccccc2)nc1)C(C)C. The van der Waals surface area contributed by atoms with Gasteiger partial charge in [0.1, 0.15) is 0 Å². The van der Waals surface area contributed by atoms with Gasteiger partial charge in [0.15, 0.2) is 0 Å². The van der Waals surface area contributed by atoms with Gasteiger partial charge in [0.25, 0.3) is 0 Å². The molecule has 2 rings (SSSR count). The van der Waals surface area contributed by atoms with Crippen molar-refractivity contribution in [3.8, 4) is 11.3 Å². The summed E-state index contributed by atoms with van der Waals surface area (Å²) in [6.45, 7) is 4.01. The largest absolute Gasteiger partial charge is 0.256 e. The Kier molecular flexibility index (Phi) is 3.60. The number of nitrogens with zero attached hydrogens (tertiary/aromatic N) is 1. The molecule has 0 amide bonds. The Morgan fingerprint density at radius 3 is 2.17 bits per heavy atom. The van der Waals surface area contributed by atoms with Gasteiger partial charge < -0.3 is 0 Å². The summed E-state index contributed by atoms with van der Waals surface area (Å²) in [5, 5.41) is -0.831. The van der Waals surface area contributed by atoms with E-state index >= 15 is 0 Å². The maximum absolute atomic E-state index is 6.11. The maximum Gasteiger partial charge on any atom is 0.0702 e. The van der Waals surface area contributed by atoms with Crippen LogP contribution in [0.2, 0.25) is 0 Å². The second-order valence-electron chi connectivity index (χ2n) is 4.89. The zero-order chi connectivity index (χ0) is 13.2. The average molecular weight is 231 g/mol. The second-order valence-corrected chi connectivity index (χ2v) is 4.89. The lowest BCUT2D eigenvalue weighted by atomic mass is 9.46. The van der Waals surface area contributed by atoms with Gasteiger partial charge >= 0.3 is 0 Å². The highest BCUT2D eigenvalue weighted by atomic mass is 14.7.